The third-order valence-corrected chi connectivity index (χ3v) is 5.32. The summed E-state index contributed by atoms with van der Waals surface area (Å²) in [6.07, 6.45) is -0.884. The normalized spacial score (nSPS) is 20.8. The molecule has 1 aromatic carbocycles. The SMILES string of the molecule is Cc1ccc(S(=O)(=O)N2CCOC(C(N)=O)C2)cc1C. The van der Waals surface area contributed by atoms with E-state index in [-0.39, 0.29) is 24.6 Å². The number of rotatable bonds is 3. The highest BCUT2D eigenvalue weighted by Gasteiger charge is 2.33. The molecule has 2 N–H and O–H groups in total. The third kappa shape index (κ3) is 2.84. The van der Waals surface area contributed by atoms with Crippen molar-refractivity contribution in [3.63, 3.8) is 0 Å². The number of morpholine rings is 1. The van der Waals surface area contributed by atoms with Crippen LogP contribution in [0.5, 0.6) is 0 Å². The maximum Gasteiger partial charge on any atom is 0.247 e. The second-order valence-corrected chi connectivity index (χ2v) is 6.81. The molecule has 110 valence electrons. The van der Waals surface area contributed by atoms with Gasteiger partial charge in [0.25, 0.3) is 0 Å². The first kappa shape index (κ1) is 15.0. The Kier molecular flexibility index (Phi) is 4.12. The molecule has 7 heteroatoms. The molecule has 0 spiro atoms. The maximum atomic E-state index is 12.5. The summed E-state index contributed by atoms with van der Waals surface area (Å²) < 4.78 is 31.5. The lowest BCUT2D eigenvalue weighted by atomic mass is 10.1. The van der Waals surface area contributed by atoms with E-state index >= 15 is 0 Å². The van der Waals surface area contributed by atoms with Crippen molar-refractivity contribution in [2.75, 3.05) is 19.7 Å². The van der Waals surface area contributed by atoms with Crippen molar-refractivity contribution in [2.24, 2.45) is 5.73 Å². The number of carbonyl (C=O) groups excluding carboxylic acids is 1. The summed E-state index contributed by atoms with van der Waals surface area (Å²) in [7, 11) is -3.62. The molecule has 0 radical (unpaired) electrons. The minimum atomic E-state index is -3.62. The van der Waals surface area contributed by atoms with Crippen molar-refractivity contribution in [3.8, 4) is 0 Å². The zero-order valence-electron chi connectivity index (χ0n) is 11.5. The number of sulfonamides is 1. The van der Waals surface area contributed by atoms with E-state index in [0.29, 0.717) is 0 Å². The fourth-order valence-electron chi connectivity index (χ4n) is 2.04. The standard InChI is InChI=1S/C13H18N2O4S/c1-9-3-4-11(7-10(9)2)20(17,18)15-5-6-19-12(8-15)13(14)16/h3-4,7,12H,5-6,8H2,1-2H3,(H2,14,16). The van der Waals surface area contributed by atoms with Gasteiger partial charge in [0, 0.05) is 13.1 Å². The lowest BCUT2D eigenvalue weighted by Gasteiger charge is -2.30. The van der Waals surface area contributed by atoms with E-state index in [0.717, 1.165) is 11.1 Å². The molecule has 1 aliphatic rings. The molecule has 2 rings (SSSR count). The number of nitrogens with two attached hydrogens (primary N) is 1. The molecular formula is C13H18N2O4S. The van der Waals surface area contributed by atoms with E-state index in [9.17, 15) is 13.2 Å². The minimum absolute atomic E-state index is 0.0371. The molecule has 1 aromatic rings. The summed E-state index contributed by atoms with van der Waals surface area (Å²) in [6.45, 7) is 4.13. The van der Waals surface area contributed by atoms with E-state index in [4.69, 9.17) is 10.5 Å². The van der Waals surface area contributed by atoms with E-state index in [1.807, 2.05) is 13.8 Å². The zero-order chi connectivity index (χ0) is 14.9. The molecule has 0 aromatic heterocycles. The summed E-state index contributed by atoms with van der Waals surface area (Å²) in [5.74, 6) is -0.648. The van der Waals surface area contributed by atoms with Crippen LogP contribution in [0, 0.1) is 13.8 Å². The summed E-state index contributed by atoms with van der Waals surface area (Å²) >= 11 is 0. The molecule has 20 heavy (non-hydrogen) atoms. The number of primary amides is 1. The first-order chi connectivity index (χ1) is 9.32. The quantitative estimate of drug-likeness (QED) is 0.862. The average Bonchev–Trinajstić information content (AvgIpc) is 2.42. The molecule has 1 fully saturated rings. The van der Waals surface area contributed by atoms with Gasteiger partial charge in [0.15, 0.2) is 0 Å². The molecule has 1 heterocycles. The van der Waals surface area contributed by atoms with Gasteiger partial charge in [-0.25, -0.2) is 8.42 Å². The predicted molar refractivity (Wildman–Crippen MR) is 73.6 cm³/mol. The highest BCUT2D eigenvalue weighted by atomic mass is 32.2. The van der Waals surface area contributed by atoms with Gasteiger partial charge in [-0.2, -0.15) is 4.31 Å². The monoisotopic (exact) mass is 298 g/mol. The van der Waals surface area contributed by atoms with Crippen LogP contribution in [0.15, 0.2) is 23.1 Å². The Morgan fingerprint density at radius 3 is 2.65 bits per heavy atom. The first-order valence-corrected chi connectivity index (χ1v) is 7.74. The van der Waals surface area contributed by atoms with Gasteiger partial charge in [0.2, 0.25) is 15.9 Å². The van der Waals surface area contributed by atoms with Crippen LogP contribution in [-0.2, 0) is 19.6 Å². The number of hydrogen-bond donors (Lipinski definition) is 1. The lowest BCUT2D eigenvalue weighted by molar-refractivity contribution is -0.132. The largest absolute Gasteiger partial charge is 0.367 e. The molecule has 1 atom stereocenters. The molecule has 0 saturated carbocycles. The van der Waals surface area contributed by atoms with Crippen molar-refractivity contribution in [1.29, 1.82) is 0 Å². The number of hydrogen-bond acceptors (Lipinski definition) is 4. The van der Waals surface area contributed by atoms with Crippen LogP contribution >= 0.6 is 0 Å². The number of ether oxygens (including phenoxy) is 1. The Labute approximate surface area is 118 Å². The number of carbonyl (C=O) groups is 1. The number of amides is 1. The summed E-state index contributed by atoms with van der Waals surface area (Å²) in [5, 5.41) is 0. The summed E-state index contributed by atoms with van der Waals surface area (Å²) in [5.41, 5.74) is 7.11. The molecule has 1 aliphatic heterocycles. The second kappa shape index (κ2) is 5.51. The third-order valence-electron chi connectivity index (χ3n) is 3.46. The molecule has 0 aliphatic carbocycles. The predicted octanol–water partition coefficient (Wildman–Crippen LogP) is 0.178. The second-order valence-electron chi connectivity index (χ2n) is 4.87. The van der Waals surface area contributed by atoms with Gasteiger partial charge in [-0.05, 0) is 37.1 Å². The Balaban J connectivity index is 2.29. The highest BCUT2D eigenvalue weighted by Crippen LogP contribution is 2.21. The van der Waals surface area contributed by atoms with E-state index in [2.05, 4.69) is 0 Å². The fourth-order valence-corrected chi connectivity index (χ4v) is 3.55. The van der Waals surface area contributed by atoms with E-state index in [1.54, 1.807) is 18.2 Å². The molecular weight excluding hydrogens is 280 g/mol. The van der Waals surface area contributed by atoms with Gasteiger partial charge in [0.05, 0.1) is 11.5 Å². The van der Waals surface area contributed by atoms with Crippen molar-refractivity contribution in [1.82, 2.24) is 4.31 Å². The lowest BCUT2D eigenvalue weighted by Crippen LogP contribution is -2.50. The molecule has 0 bridgehead atoms. The average molecular weight is 298 g/mol. The molecule has 6 nitrogen and oxygen atoms in total. The van der Waals surface area contributed by atoms with Crippen LogP contribution in [0.25, 0.3) is 0 Å². The van der Waals surface area contributed by atoms with E-state index in [1.165, 1.54) is 4.31 Å². The Hall–Kier alpha value is -1.44. The zero-order valence-corrected chi connectivity index (χ0v) is 12.3. The van der Waals surface area contributed by atoms with Gasteiger partial charge in [-0.15, -0.1) is 0 Å². The minimum Gasteiger partial charge on any atom is -0.367 e. The van der Waals surface area contributed by atoms with Crippen LogP contribution in [-0.4, -0.2) is 44.4 Å². The molecule has 1 amide bonds. The maximum absolute atomic E-state index is 12.5. The smallest absolute Gasteiger partial charge is 0.247 e. The van der Waals surface area contributed by atoms with Crippen molar-refractivity contribution in [3.05, 3.63) is 29.3 Å². The highest BCUT2D eigenvalue weighted by molar-refractivity contribution is 7.89. The van der Waals surface area contributed by atoms with Gasteiger partial charge in [-0.1, -0.05) is 6.07 Å². The van der Waals surface area contributed by atoms with Crippen LogP contribution in [0.4, 0.5) is 0 Å². The summed E-state index contributed by atoms with van der Waals surface area (Å²) in [6, 6.07) is 4.99. The topological polar surface area (TPSA) is 89.7 Å². The number of nitrogens with zero attached hydrogens (tertiary/aromatic N) is 1. The van der Waals surface area contributed by atoms with Crippen LogP contribution in [0.2, 0.25) is 0 Å². The number of benzene rings is 1. The van der Waals surface area contributed by atoms with Gasteiger partial charge in [-0.3, -0.25) is 4.79 Å². The Bertz CT molecular complexity index is 627. The van der Waals surface area contributed by atoms with Crippen LogP contribution in [0.1, 0.15) is 11.1 Å². The van der Waals surface area contributed by atoms with Crippen LogP contribution < -0.4 is 5.73 Å². The van der Waals surface area contributed by atoms with Crippen molar-refractivity contribution >= 4 is 15.9 Å². The van der Waals surface area contributed by atoms with Crippen molar-refractivity contribution < 1.29 is 17.9 Å². The Morgan fingerprint density at radius 1 is 1.35 bits per heavy atom. The van der Waals surface area contributed by atoms with Gasteiger partial charge in [0.1, 0.15) is 6.10 Å². The van der Waals surface area contributed by atoms with Crippen LogP contribution in [0.3, 0.4) is 0 Å². The fraction of sp³-hybridized carbons (Fsp3) is 0.462. The van der Waals surface area contributed by atoms with Gasteiger partial charge < -0.3 is 10.5 Å². The Morgan fingerprint density at radius 2 is 2.05 bits per heavy atom. The number of aryl methyl sites for hydroxylation is 2. The first-order valence-electron chi connectivity index (χ1n) is 6.30. The molecule has 1 unspecified atom stereocenters. The van der Waals surface area contributed by atoms with Gasteiger partial charge >= 0.3 is 0 Å². The van der Waals surface area contributed by atoms with E-state index < -0.39 is 22.0 Å². The molecule has 1 saturated heterocycles. The van der Waals surface area contributed by atoms with Crippen molar-refractivity contribution in [2.45, 2.75) is 24.8 Å². The summed E-state index contributed by atoms with van der Waals surface area (Å²) in [4.78, 5) is 11.4.